The highest BCUT2D eigenvalue weighted by atomic mass is 35.5. The van der Waals surface area contributed by atoms with Crippen LogP contribution in [0.4, 0.5) is 10.6 Å². The number of likely N-dealkylation sites (N-methyl/N-ethyl adjacent to an activating group) is 1. The Bertz CT molecular complexity index is 857. The first kappa shape index (κ1) is 19.0. The van der Waals surface area contributed by atoms with Crippen LogP contribution in [0.3, 0.4) is 0 Å². The van der Waals surface area contributed by atoms with Crippen molar-refractivity contribution in [3.8, 4) is 5.75 Å². The molecule has 1 aliphatic rings. The molecule has 3 amide bonds. The van der Waals surface area contributed by atoms with Crippen molar-refractivity contribution >= 4 is 29.4 Å². The van der Waals surface area contributed by atoms with Gasteiger partial charge in [-0.2, -0.15) is 0 Å². The molecule has 0 radical (unpaired) electrons. The molecule has 2 N–H and O–H groups in total. The van der Waals surface area contributed by atoms with Crippen LogP contribution < -0.4 is 15.4 Å². The molecule has 1 aromatic carbocycles. The topological polar surface area (TPSA) is 83.6 Å². The molecular formula is C19H21ClN4O3. The Morgan fingerprint density at radius 1 is 1.26 bits per heavy atom. The zero-order valence-electron chi connectivity index (χ0n) is 15.2. The predicted molar refractivity (Wildman–Crippen MR) is 103 cm³/mol. The molecule has 27 heavy (non-hydrogen) atoms. The molecular weight excluding hydrogens is 368 g/mol. The molecule has 0 spiro atoms. The summed E-state index contributed by atoms with van der Waals surface area (Å²) in [5.41, 5.74) is 1.44. The van der Waals surface area contributed by atoms with Crippen molar-refractivity contribution in [2.45, 2.75) is 18.9 Å². The van der Waals surface area contributed by atoms with Gasteiger partial charge in [0.1, 0.15) is 11.6 Å². The number of hydrogen-bond acceptors (Lipinski definition) is 4. The fraction of sp³-hybridized carbons (Fsp3) is 0.316. The third kappa shape index (κ3) is 4.68. The molecule has 0 saturated heterocycles. The predicted octanol–water partition coefficient (Wildman–Crippen LogP) is 3.01. The molecule has 3 rings (SSSR count). The van der Waals surface area contributed by atoms with Gasteiger partial charge in [-0.15, -0.1) is 0 Å². The van der Waals surface area contributed by atoms with Crippen molar-refractivity contribution < 1.29 is 14.3 Å². The minimum atomic E-state index is -0.378. The number of ether oxygens (including phenoxy) is 1. The minimum absolute atomic E-state index is 0.0557. The maximum atomic E-state index is 12.4. The Balaban J connectivity index is 1.66. The molecule has 8 heteroatoms. The molecule has 1 aliphatic heterocycles. The van der Waals surface area contributed by atoms with E-state index in [2.05, 4.69) is 15.6 Å². The number of carbonyl (C=O) groups is 2. The Morgan fingerprint density at radius 3 is 2.81 bits per heavy atom. The lowest BCUT2D eigenvalue weighted by Gasteiger charge is -2.27. The number of para-hydroxylation sites is 1. The van der Waals surface area contributed by atoms with Gasteiger partial charge in [0.2, 0.25) is 5.91 Å². The first-order valence-electron chi connectivity index (χ1n) is 8.59. The van der Waals surface area contributed by atoms with Gasteiger partial charge in [0.25, 0.3) is 0 Å². The van der Waals surface area contributed by atoms with Crippen molar-refractivity contribution in [1.29, 1.82) is 0 Å². The third-order valence-electron chi connectivity index (χ3n) is 4.21. The molecule has 7 nitrogen and oxygen atoms in total. The molecule has 0 fully saturated rings. The zero-order valence-corrected chi connectivity index (χ0v) is 15.9. The average Bonchev–Trinajstić information content (AvgIpc) is 2.63. The highest BCUT2D eigenvalue weighted by molar-refractivity contribution is 6.32. The summed E-state index contributed by atoms with van der Waals surface area (Å²) in [7, 11) is 3.38. The van der Waals surface area contributed by atoms with Gasteiger partial charge in [-0.3, -0.25) is 10.1 Å². The molecule has 1 atom stereocenters. The first-order valence-corrected chi connectivity index (χ1v) is 8.96. The van der Waals surface area contributed by atoms with Crippen LogP contribution in [-0.2, 0) is 11.2 Å². The number of anilines is 1. The van der Waals surface area contributed by atoms with Gasteiger partial charge in [-0.25, -0.2) is 9.78 Å². The van der Waals surface area contributed by atoms with Crippen LogP contribution in [0.2, 0.25) is 5.02 Å². The summed E-state index contributed by atoms with van der Waals surface area (Å²) in [6.45, 7) is 0.474. The van der Waals surface area contributed by atoms with Gasteiger partial charge < -0.3 is 15.0 Å². The maximum absolute atomic E-state index is 12.4. The molecule has 2 aromatic rings. The number of halogens is 1. The fourth-order valence-corrected chi connectivity index (χ4v) is 3.04. The van der Waals surface area contributed by atoms with E-state index in [0.29, 0.717) is 35.3 Å². The molecule has 1 aromatic heterocycles. The van der Waals surface area contributed by atoms with Crippen LogP contribution >= 0.6 is 11.6 Å². The van der Waals surface area contributed by atoms with E-state index >= 15 is 0 Å². The summed E-state index contributed by atoms with van der Waals surface area (Å²) in [5.74, 6) is 0.938. The fourth-order valence-electron chi connectivity index (χ4n) is 2.81. The standard InChI is InChI=1S/C19H21ClN4O3/c1-24(2)17(25)11-12-5-3-8-16(21-12)23-19(26)22-15-9-10-27-18-13(15)6-4-7-14(18)20/h3-8,15H,9-11H2,1-2H3,(H2,21,22,23,26)/t15-/m0/s1. The van der Waals surface area contributed by atoms with E-state index in [1.807, 2.05) is 12.1 Å². The Labute approximate surface area is 162 Å². The van der Waals surface area contributed by atoms with Crippen LogP contribution in [0.1, 0.15) is 23.7 Å². The average molecular weight is 389 g/mol. The summed E-state index contributed by atoms with van der Waals surface area (Å²) in [6.07, 6.45) is 0.821. The van der Waals surface area contributed by atoms with E-state index in [-0.39, 0.29) is 24.4 Å². The monoisotopic (exact) mass is 388 g/mol. The summed E-state index contributed by atoms with van der Waals surface area (Å²) in [5, 5.41) is 6.17. The van der Waals surface area contributed by atoms with E-state index in [4.69, 9.17) is 16.3 Å². The van der Waals surface area contributed by atoms with Crippen molar-refractivity contribution in [2.75, 3.05) is 26.0 Å². The smallest absolute Gasteiger partial charge is 0.320 e. The van der Waals surface area contributed by atoms with Crippen LogP contribution in [0.5, 0.6) is 5.75 Å². The van der Waals surface area contributed by atoms with Crippen LogP contribution in [-0.4, -0.2) is 42.5 Å². The van der Waals surface area contributed by atoms with Crippen molar-refractivity contribution in [1.82, 2.24) is 15.2 Å². The Kier molecular flexibility index (Phi) is 5.81. The van der Waals surface area contributed by atoms with Gasteiger partial charge in [0, 0.05) is 26.1 Å². The number of amides is 3. The van der Waals surface area contributed by atoms with Crippen LogP contribution in [0, 0.1) is 0 Å². The summed E-state index contributed by atoms with van der Waals surface area (Å²) >= 11 is 6.16. The maximum Gasteiger partial charge on any atom is 0.320 e. The van der Waals surface area contributed by atoms with Crippen molar-refractivity contribution in [2.24, 2.45) is 0 Å². The first-order chi connectivity index (χ1) is 12.9. The molecule has 2 heterocycles. The lowest BCUT2D eigenvalue weighted by Crippen LogP contribution is -2.35. The second-order valence-corrected chi connectivity index (χ2v) is 6.83. The van der Waals surface area contributed by atoms with Gasteiger partial charge in [-0.05, 0) is 18.2 Å². The highest BCUT2D eigenvalue weighted by Crippen LogP contribution is 2.37. The molecule has 0 saturated carbocycles. The molecule has 0 aliphatic carbocycles. The van der Waals surface area contributed by atoms with Gasteiger partial charge in [0.05, 0.1) is 29.8 Å². The zero-order chi connectivity index (χ0) is 19.4. The number of rotatable bonds is 4. The Hall–Kier alpha value is -2.80. The summed E-state index contributed by atoms with van der Waals surface area (Å²) < 4.78 is 5.60. The SMILES string of the molecule is CN(C)C(=O)Cc1cccc(NC(=O)N[C@H]2CCOc3c(Cl)cccc32)n1. The Morgan fingerprint density at radius 2 is 2.04 bits per heavy atom. The second kappa shape index (κ2) is 8.26. The van der Waals surface area contributed by atoms with Crippen molar-refractivity contribution in [3.05, 3.63) is 52.7 Å². The van der Waals surface area contributed by atoms with Crippen LogP contribution in [0.25, 0.3) is 0 Å². The number of benzene rings is 1. The highest BCUT2D eigenvalue weighted by Gasteiger charge is 2.24. The summed E-state index contributed by atoms with van der Waals surface area (Å²) in [6, 6.07) is 10.1. The number of pyridine rings is 1. The van der Waals surface area contributed by atoms with E-state index in [1.54, 1.807) is 38.4 Å². The van der Waals surface area contributed by atoms with Gasteiger partial charge >= 0.3 is 6.03 Å². The quantitative estimate of drug-likeness (QED) is 0.843. The normalized spacial score (nSPS) is 15.3. The lowest BCUT2D eigenvalue weighted by molar-refractivity contribution is -0.128. The molecule has 0 bridgehead atoms. The third-order valence-corrected chi connectivity index (χ3v) is 4.51. The largest absolute Gasteiger partial charge is 0.492 e. The van der Waals surface area contributed by atoms with Crippen LogP contribution in [0.15, 0.2) is 36.4 Å². The van der Waals surface area contributed by atoms with E-state index in [0.717, 1.165) is 5.56 Å². The molecule has 142 valence electrons. The number of nitrogens with one attached hydrogen (secondary N) is 2. The number of fused-ring (bicyclic) bond motifs is 1. The minimum Gasteiger partial charge on any atom is -0.492 e. The van der Waals surface area contributed by atoms with Crippen molar-refractivity contribution in [3.63, 3.8) is 0 Å². The molecule has 0 unspecified atom stereocenters. The number of aromatic nitrogens is 1. The van der Waals surface area contributed by atoms with Gasteiger partial charge in [0.15, 0.2) is 0 Å². The number of urea groups is 1. The van der Waals surface area contributed by atoms with E-state index < -0.39 is 0 Å². The lowest BCUT2D eigenvalue weighted by atomic mass is 10.0. The number of hydrogen-bond donors (Lipinski definition) is 2. The summed E-state index contributed by atoms with van der Waals surface area (Å²) in [4.78, 5) is 30.0. The number of nitrogens with zero attached hydrogens (tertiary/aromatic N) is 2. The van der Waals surface area contributed by atoms with E-state index in [9.17, 15) is 9.59 Å². The number of carbonyl (C=O) groups excluding carboxylic acids is 2. The second-order valence-electron chi connectivity index (χ2n) is 6.43. The van der Waals surface area contributed by atoms with Gasteiger partial charge in [-0.1, -0.05) is 29.8 Å². The van der Waals surface area contributed by atoms with E-state index in [1.165, 1.54) is 4.90 Å².